The highest BCUT2D eigenvalue weighted by molar-refractivity contribution is 5.95. The van der Waals surface area contributed by atoms with Gasteiger partial charge in [0.1, 0.15) is 5.52 Å². The summed E-state index contributed by atoms with van der Waals surface area (Å²) in [5, 5.41) is 12.3. The van der Waals surface area contributed by atoms with Crippen molar-refractivity contribution in [2.45, 2.75) is 53.6 Å². The van der Waals surface area contributed by atoms with E-state index in [1.54, 1.807) is 0 Å². The Bertz CT molecular complexity index is 1030. The number of nitrogens with one attached hydrogen (secondary N) is 1. The van der Waals surface area contributed by atoms with E-state index >= 15 is 0 Å². The predicted octanol–water partition coefficient (Wildman–Crippen LogP) is 4.52. The molecule has 6 nitrogen and oxygen atoms in total. The molecule has 3 aromatic rings. The summed E-state index contributed by atoms with van der Waals surface area (Å²) in [6.07, 6.45) is 1.61. The molecule has 2 aromatic carbocycles. The third-order valence-corrected chi connectivity index (χ3v) is 5.37. The van der Waals surface area contributed by atoms with Gasteiger partial charge in [0.05, 0.1) is 5.52 Å². The maximum atomic E-state index is 11.9. The number of amides is 1. The first kappa shape index (κ1) is 19.4. The maximum absolute atomic E-state index is 11.9. The summed E-state index contributed by atoms with van der Waals surface area (Å²) >= 11 is 0. The number of benzene rings is 2. The molecule has 0 bridgehead atoms. The number of fused-ring (bicyclic) bond motifs is 1. The minimum atomic E-state index is 0.150. The quantitative estimate of drug-likeness (QED) is 0.694. The summed E-state index contributed by atoms with van der Waals surface area (Å²) in [7, 11) is 0. The Morgan fingerprint density at radius 1 is 1.10 bits per heavy atom. The molecule has 152 valence electrons. The molecule has 1 saturated heterocycles. The minimum Gasteiger partial charge on any atom is -0.381 e. The van der Waals surface area contributed by atoms with E-state index < -0.39 is 0 Å². The molecule has 1 fully saturated rings. The molecule has 1 aromatic heterocycles. The van der Waals surface area contributed by atoms with Gasteiger partial charge < -0.3 is 10.2 Å². The van der Waals surface area contributed by atoms with E-state index in [1.807, 2.05) is 21.7 Å². The molecule has 0 unspecified atom stereocenters. The predicted molar refractivity (Wildman–Crippen MR) is 117 cm³/mol. The lowest BCUT2D eigenvalue weighted by atomic mass is 9.97. The van der Waals surface area contributed by atoms with Gasteiger partial charge in [0, 0.05) is 43.0 Å². The topological polar surface area (TPSA) is 63.1 Å². The first-order valence-corrected chi connectivity index (χ1v) is 10.3. The highest BCUT2D eigenvalue weighted by Gasteiger charge is 2.21. The van der Waals surface area contributed by atoms with Crippen LogP contribution in [0.3, 0.4) is 0 Å². The zero-order valence-electron chi connectivity index (χ0n) is 17.7. The molecule has 1 N–H and O–H groups in total. The third kappa shape index (κ3) is 4.11. The van der Waals surface area contributed by atoms with Crippen LogP contribution < -0.4 is 10.2 Å². The summed E-state index contributed by atoms with van der Waals surface area (Å²) in [6, 6.07) is 12.4. The lowest BCUT2D eigenvalue weighted by Crippen LogP contribution is -2.23. The van der Waals surface area contributed by atoms with E-state index in [1.165, 1.54) is 5.56 Å². The van der Waals surface area contributed by atoms with Crippen LogP contribution in [0.5, 0.6) is 0 Å². The molecule has 4 rings (SSSR count). The first-order chi connectivity index (χ1) is 13.8. The number of hydrogen-bond acceptors (Lipinski definition) is 4. The van der Waals surface area contributed by atoms with Crippen molar-refractivity contribution in [1.82, 2.24) is 15.0 Å². The molecule has 6 heteroatoms. The highest BCUT2D eigenvalue weighted by atomic mass is 16.2. The fourth-order valence-corrected chi connectivity index (χ4v) is 3.84. The van der Waals surface area contributed by atoms with Crippen LogP contribution in [0.2, 0.25) is 0 Å². The number of aryl methyl sites for hydroxylation is 1. The van der Waals surface area contributed by atoms with Crippen molar-refractivity contribution in [3.8, 4) is 0 Å². The van der Waals surface area contributed by atoms with E-state index in [9.17, 15) is 4.79 Å². The lowest BCUT2D eigenvalue weighted by Gasteiger charge is -2.18. The van der Waals surface area contributed by atoms with Gasteiger partial charge in [-0.05, 0) is 48.6 Å². The number of rotatable bonds is 5. The molecule has 0 atom stereocenters. The van der Waals surface area contributed by atoms with Gasteiger partial charge in [0.2, 0.25) is 5.91 Å². The summed E-state index contributed by atoms with van der Waals surface area (Å²) < 4.78 is 1.99. The average molecular weight is 392 g/mol. The SMILES string of the molecule is Cc1c(NCc2ccc(N3CCCC3=O)cc2)ccc2c1nnn2CC(C)(C)C. The number of carbonyl (C=O) groups excluding carboxylic acids is 1. The van der Waals surface area contributed by atoms with Crippen LogP contribution >= 0.6 is 0 Å². The largest absolute Gasteiger partial charge is 0.381 e. The Morgan fingerprint density at radius 3 is 2.52 bits per heavy atom. The fraction of sp³-hybridized carbons (Fsp3) is 0.435. The van der Waals surface area contributed by atoms with E-state index in [0.29, 0.717) is 6.42 Å². The van der Waals surface area contributed by atoms with Crippen molar-refractivity contribution in [2.75, 3.05) is 16.8 Å². The Labute approximate surface area is 171 Å². The number of hydrogen-bond donors (Lipinski definition) is 1. The van der Waals surface area contributed by atoms with Crippen molar-refractivity contribution in [2.24, 2.45) is 5.41 Å². The molecule has 29 heavy (non-hydrogen) atoms. The third-order valence-electron chi connectivity index (χ3n) is 5.37. The van der Waals surface area contributed by atoms with Crippen LogP contribution in [0.1, 0.15) is 44.7 Å². The fourth-order valence-electron chi connectivity index (χ4n) is 3.84. The van der Waals surface area contributed by atoms with Crippen molar-refractivity contribution < 1.29 is 4.79 Å². The molecule has 1 aliphatic heterocycles. The number of anilines is 2. The molecule has 0 saturated carbocycles. The number of nitrogens with zero attached hydrogens (tertiary/aromatic N) is 4. The van der Waals surface area contributed by atoms with Crippen LogP contribution in [0.25, 0.3) is 11.0 Å². The molecule has 1 amide bonds. The second kappa shape index (κ2) is 7.50. The second-order valence-corrected chi connectivity index (χ2v) is 9.08. The van der Waals surface area contributed by atoms with Gasteiger partial charge in [-0.25, -0.2) is 4.68 Å². The maximum Gasteiger partial charge on any atom is 0.227 e. The highest BCUT2D eigenvalue weighted by Crippen LogP contribution is 2.27. The zero-order chi connectivity index (χ0) is 20.6. The molecule has 2 heterocycles. The Balaban J connectivity index is 1.47. The molecule has 1 aliphatic rings. The standard InChI is InChI=1S/C23H29N5O/c1-16-19(11-12-20-22(16)25-26-28(20)15-23(2,3)4)24-14-17-7-9-18(10-8-17)27-13-5-6-21(27)29/h7-12,24H,5-6,13-15H2,1-4H3. The van der Waals surface area contributed by atoms with Gasteiger partial charge in [0.15, 0.2) is 0 Å². The van der Waals surface area contributed by atoms with Crippen LogP contribution in [-0.2, 0) is 17.9 Å². The van der Waals surface area contributed by atoms with Gasteiger partial charge in [0.25, 0.3) is 0 Å². The molecule has 0 spiro atoms. The van der Waals surface area contributed by atoms with Crippen molar-refractivity contribution in [1.29, 1.82) is 0 Å². The summed E-state index contributed by atoms with van der Waals surface area (Å²) in [6.45, 7) is 11.1. The van der Waals surface area contributed by atoms with Gasteiger partial charge in [-0.1, -0.05) is 38.1 Å². The van der Waals surface area contributed by atoms with Gasteiger partial charge in [-0.15, -0.1) is 5.10 Å². The van der Waals surface area contributed by atoms with E-state index in [2.05, 4.69) is 67.6 Å². The van der Waals surface area contributed by atoms with Crippen LogP contribution in [0.15, 0.2) is 36.4 Å². The Kier molecular flexibility index (Phi) is 5.03. The van der Waals surface area contributed by atoms with Gasteiger partial charge >= 0.3 is 0 Å². The normalized spacial score (nSPS) is 14.8. The van der Waals surface area contributed by atoms with Crippen molar-refractivity contribution in [3.05, 3.63) is 47.5 Å². The zero-order valence-corrected chi connectivity index (χ0v) is 17.7. The van der Waals surface area contributed by atoms with E-state index in [-0.39, 0.29) is 11.3 Å². The second-order valence-electron chi connectivity index (χ2n) is 9.08. The Morgan fingerprint density at radius 2 is 1.86 bits per heavy atom. The van der Waals surface area contributed by atoms with Gasteiger partial charge in [-0.3, -0.25) is 4.79 Å². The molecule has 0 radical (unpaired) electrons. The number of carbonyl (C=O) groups is 1. The first-order valence-electron chi connectivity index (χ1n) is 10.3. The average Bonchev–Trinajstić information content (AvgIpc) is 3.27. The van der Waals surface area contributed by atoms with Crippen LogP contribution in [-0.4, -0.2) is 27.4 Å². The van der Waals surface area contributed by atoms with E-state index in [4.69, 9.17) is 0 Å². The Hall–Kier alpha value is -2.89. The number of aromatic nitrogens is 3. The van der Waals surface area contributed by atoms with Crippen LogP contribution in [0.4, 0.5) is 11.4 Å². The summed E-state index contributed by atoms with van der Waals surface area (Å²) in [5.74, 6) is 0.222. The van der Waals surface area contributed by atoms with Crippen molar-refractivity contribution >= 4 is 28.3 Å². The molecular weight excluding hydrogens is 362 g/mol. The van der Waals surface area contributed by atoms with Gasteiger partial charge in [-0.2, -0.15) is 0 Å². The summed E-state index contributed by atoms with van der Waals surface area (Å²) in [5.41, 5.74) is 6.52. The molecular formula is C23H29N5O. The lowest BCUT2D eigenvalue weighted by molar-refractivity contribution is -0.117. The van der Waals surface area contributed by atoms with Crippen LogP contribution in [0, 0.1) is 12.3 Å². The van der Waals surface area contributed by atoms with Crippen molar-refractivity contribution in [3.63, 3.8) is 0 Å². The monoisotopic (exact) mass is 391 g/mol. The van der Waals surface area contributed by atoms with E-state index in [0.717, 1.165) is 54.0 Å². The molecule has 0 aliphatic carbocycles. The minimum absolute atomic E-state index is 0.150. The smallest absolute Gasteiger partial charge is 0.227 e. The summed E-state index contributed by atoms with van der Waals surface area (Å²) in [4.78, 5) is 13.8.